The number of nitrogens with zero attached hydrogens (tertiary/aromatic N) is 2. The molecule has 1 aromatic carbocycles. The van der Waals surface area contributed by atoms with E-state index in [-0.39, 0.29) is 4.73 Å². The van der Waals surface area contributed by atoms with Gasteiger partial charge in [0.05, 0.1) is 12.1 Å². The molecule has 0 aliphatic carbocycles. The highest BCUT2D eigenvalue weighted by atomic mass is 79.9. The maximum Gasteiger partial charge on any atom is 0.365 e. The van der Waals surface area contributed by atoms with E-state index in [0.717, 1.165) is 15.6 Å². The predicted octanol–water partition coefficient (Wildman–Crippen LogP) is 2.58. The second-order valence-electron chi connectivity index (χ2n) is 4.71. The van der Waals surface area contributed by atoms with E-state index in [0.29, 0.717) is 16.8 Å². The molecule has 0 saturated carbocycles. The van der Waals surface area contributed by atoms with Crippen LogP contribution < -0.4 is 11.2 Å². The molecule has 5 nitrogen and oxygen atoms in total. The third kappa shape index (κ3) is 2.32. The quantitative estimate of drug-likeness (QED) is 0.709. The Balaban J connectivity index is 2.26. The largest absolute Gasteiger partial charge is 0.421 e. The van der Waals surface area contributed by atoms with Crippen LogP contribution in [0.4, 0.5) is 0 Å². The highest BCUT2D eigenvalue weighted by Crippen LogP contribution is 2.22. The highest BCUT2D eigenvalue weighted by molar-refractivity contribution is 9.10. The molecule has 0 saturated heterocycles. The summed E-state index contributed by atoms with van der Waals surface area (Å²) < 4.78 is 2.93. The molecule has 0 spiro atoms. The molecule has 2 heterocycles. The van der Waals surface area contributed by atoms with Crippen LogP contribution >= 0.6 is 27.3 Å². The minimum Gasteiger partial charge on any atom is -0.421 e. The fraction of sp³-hybridized carbons (Fsp3) is 0.143. The zero-order chi connectivity index (χ0) is 15.1. The lowest BCUT2D eigenvalue weighted by Gasteiger charge is -2.10. The molecule has 0 unspecified atom stereocenters. The van der Waals surface area contributed by atoms with Crippen molar-refractivity contribution in [3.63, 3.8) is 0 Å². The smallest absolute Gasteiger partial charge is 0.365 e. The van der Waals surface area contributed by atoms with E-state index < -0.39 is 11.2 Å². The Kier molecular flexibility index (Phi) is 3.46. The zero-order valence-corrected chi connectivity index (χ0v) is 13.4. The van der Waals surface area contributed by atoms with Crippen LogP contribution in [0, 0.1) is 6.92 Å². The van der Waals surface area contributed by atoms with E-state index in [4.69, 9.17) is 0 Å². The molecule has 7 heteroatoms. The van der Waals surface area contributed by atoms with Gasteiger partial charge in [-0.3, -0.25) is 9.36 Å². The lowest BCUT2D eigenvalue weighted by atomic mass is 10.2. The number of fused-ring (bicyclic) bond motifs is 1. The van der Waals surface area contributed by atoms with Crippen molar-refractivity contribution in [2.45, 2.75) is 13.5 Å². The summed E-state index contributed by atoms with van der Waals surface area (Å²) in [5.74, 6) is 0. The average molecular weight is 367 g/mol. The molecule has 0 aliphatic heterocycles. The van der Waals surface area contributed by atoms with E-state index in [1.165, 1.54) is 15.9 Å². The minimum absolute atomic E-state index is 0.178. The summed E-state index contributed by atoms with van der Waals surface area (Å²) in [7, 11) is 0. The molecule has 0 bridgehead atoms. The molecule has 2 aromatic heterocycles. The molecule has 21 heavy (non-hydrogen) atoms. The van der Waals surface area contributed by atoms with Gasteiger partial charge in [0.15, 0.2) is 0 Å². The van der Waals surface area contributed by atoms with Crippen LogP contribution in [-0.4, -0.2) is 14.5 Å². The van der Waals surface area contributed by atoms with Crippen molar-refractivity contribution in [3.05, 3.63) is 66.1 Å². The van der Waals surface area contributed by atoms with Gasteiger partial charge in [-0.1, -0.05) is 32.8 Å². The van der Waals surface area contributed by atoms with E-state index in [9.17, 15) is 14.8 Å². The van der Waals surface area contributed by atoms with Gasteiger partial charge in [-0.05, 0) is 35.6 Å². The third-order valence-corrected chi connectivity index (χ3v) is 4.87. The molecule has 108 valence electrons. The van der Waals surface area contributed by atoms with Crippen LogP contribution in [0.1, 0.15) is 11.1 Å². The van der Waals surface area contributed by atoms with Gasteiger partial charge in [-0.15, -0.1) is 11.3 Å². The Bertz CT molecular complexity index is 938. The van der Waals surface area contributed by atoms with Gasteiger partial charge < -0.3 is 5.21 Å². The number of thiophene rings is 1. The van der Waals surface area contributed by atoms with Crippen LogP contribution in [0.3, 0.4) is 0 Å². The average Bonchev–Trinajstić information content (AvgIpc) is 2.85. The normalized spacial score (nSPS) is 11.1. The third-order valence-electron chi connectivity index (χ3n) is 3.26. The molecule has 1 N–H and O–H groups in total. The van der Waals surface area contributed by atoms with Crippen molar-refractivity contribution >= 4 is 37.5 Å². The van der Waals surface area contributed by atoms with Crippen molar-refractivity contribution < 1.29 is 5.21 Å². The van der Waals surface area contributed by atoms with E-state index in [1.807, 2.05) is 36.6 Å². The lowest BCUT2D eigenvalue weighted by Crippen LogP contribution is -2.38. The Hall–Kier alpha value is -1.86. The number of aryl methyl sites for hydroxylation is 1. The summed E-state index contributed by atoms with van der Waals surface area (Å²) >= 11 is 4.59. The zero-order valence-electron chi connectivity index (χ0n) is 11.0. The van der Waals surface area contributed by atoms with Crippen molar-refractivity contribution in [2.75, 3.05) is 0 Å². The first-order chi connectivity index (χ1) is 9.99. The Morgan fingerprint density at radius 1 is 1.24 bits per heavy atom. The van der Waals surface area contributed by atoms with Crippen molar-refractivity contribution in [1.29, 1.82) is 0 Å². The van der Waals surface area contributed by atoms with Gasteiger partial charge in [0, 0.05) is 4.47 Å². The Morgan fingerprint density at radius 3 is 2.57 bits per heavy atom. The summed E-state index contributed by atoms with van der Waals surface area (Å²) in [5, 5.41) is 11.5. The van der Waals surface area contributed by atoms with Crippen molar-refractivity contribution in [2.24, 2.45) is 0 Å². The van der Waals surface area contributed by atoms with Crippen LogP contribution in [0.25, 0.3) is 10.2 Å². The number of benzene rings is 1. The first-order valence-electron chi connectivity index (χ1n) is 6.16. The molecular formula is C14H11BrN2O3S. The molecule has 0 atom stereocenters. The molecule has 0 aliphatic rings. The number of hydrogen-bond donors (Lipinski definition) is 1. The van der Waals surface area contributed by atoms with Gasteiger partial charge >= 0.3 is 11.2 Å². The summed E-state index contributed by atoms with van der Waals surface area (Å²) in [4.78, 5) is 24.1. The van der Waals surface area contributed by atoms with Gasteiger partial charge in [0.25, 0.3) is 0 Å². The minimum atomic E-state index is -0.725. The molecule has 0 radical (unpaired) electrons. The number of aromatic nitrogens is 2. The Labute approximate surface area is 131 Å². The van der Waals surface area contributed by atoms with E-state index >= 15 is 0 Å². The van der Waals surface area contributed by atoms with Gasteiger partial charge in [0.1, 0.15) is 4.70 Å². The molecular weight excluding hydrogens is 356 g/mol. The van der Waals surface area contributed by atoms with Gasteiger partial charge in [-0.25, -0.2) is 4.79 Å². The van der Waals surface area contributed by atoms with Gasteiger partial charge in [0.2, 0.25) is 0 Å². The van der Waals surface area contributed by atoms with E-state index in [1.54, 1.807) is 0 Å². The Morgan fingerprint density at radius 2 is 1.90 bits per heavy atom. The number of halogens is 1. The monoisotopic (exact) mass is 366 g/mol. The summed E-state index contributed by atoms with van der Waals surface area (Å²) in [6.45, 7) is 2.14. The summed E-state index contributed by atoms with van der Waals surface area (Å²) in [6, 6.07) is 7.54. The number of rotatable bonds is 2. The predicted molar refractivity (Wildman–Crippen MR) is 85.5 cm³/mol. The fourth-order valence-electron chi connectivity index (χ4n) is 2.24. The first-order valence-corrected chi connectivity index (χ1v) is 7.83. The molecule has 0 fully saturated rings. The van der Waals surface area contributed by atoms with Crippen molar-refractivity contribution in [1.82, 2.24) is 9.30 Å². The summed E-state index contributed by atoms with van der Waals surface area (Å²) in [5.41, 5.74) is 0.952. The topological polar surface area (TPSA) is 64.2 Å². The fourth-order valence-corrected chi connectivity index (χ4v) is 3.48. The standard InChI is InChI=1S/C14H11BrN2O3S/c1-8-7-21-12-11(8)16(14(19)17(20)13(12)18)6-9-2-4-10(15)5-3-9/h2-5,7,20H,6H2,1H3. The molecule has 3 aromatic rings. The maximum absolute atomic E-state index is 12.2. The van der Waals surface area contributed by atoms with E-state index in [2.05, 4.69) is 15.9 Å². The number of hydrogen-bond acceptors (Lipinski definition) is 4. The second kappa shape index (κ2) is 5.16. The molecule has 3 rings (SSSR count). The second-order valence-corrected chi connectivity index (χ2v) is 6.50. The SMILES string of the molecule is Cc1csc2c(=O)n(O)c(=O)n(Cc3ccc(Br)cc3)c12. The van der Waals surface area contributed by atoms with Crippen LogP contribution in [0.15, 0.2) is 43.7 Å². The van der Waals surface area contributed by atoms with Crippen LogP contribution in [-0.2, 0) is 6.54 Å². The maximum atomic E-state index is 12.2. The van der Waals surface area contributed by atoms with Gasteiger partial charge in [-0.2, -0.15) is 0 Å². The molecule has 0 amide bonds. The lowest BCUT2D eigenvalue weighted by molar-refractivity contribution is 0.158. The first kappa shape index (κ1) is 14.1. The van der Waals surface area contributed by atoms with Crippen molar-refractivity contribution in [3.8, 4) is 0 Å². The van der Waals surface area contributed by atoms with Crippen LogP contribution in [0.2, 0.25) is 0 Å². The summed E-state index contributed by atoms with van der Waals surface area (Å²) in [6.07, 6.45) is 0. The van der Waals surface area contributed by atoms with Crippen LogP contribution in [0.5, 0.6) is 0 Å². The highest BCUT2D eigenvalue weighted by Gasteiger charge is 2.16.